The fourth-order valence-electron chi connectivity index (χ4n) is 8.47. The molecule has 0 heterocycles. The van der Waals surface area contributed by atoms with Crippen LogP contribution in [0.3, 0.4) is 0 Å². The third-order valence-corrected chi connectivity index (χ3v) is 13.3. The Hall–Kier alpha value is -4.71. The van der Waals surface area contributed by atoms with Crippen LogP contribution in [0.2, 0.25) is 0 Å². The quantitative estimate of drug-likeness (QED) is 0.0261. The fourth-order valence-corrected chi connectivity index (χ4v) is 8.47. The molecule has 1 atom stereocenters. The molecule has 0 aliphatic carbocycles. The van der Waals surface area contributed by atoms with Gasteiger partial charge in [0.05, 0.1) is 0 Å². The highest BCUT2D eigenvalue weighted by Crippen LogP contribution is 2.14. The van der Waals surface area contributed by atoms with E-state index in [4.69, 9.17) is 14.2 Å². The summed E-state index contributed by atoms with van der Waals surface area (Å²) in [5.41, 5.74) is 0. The van der Waals surface area contributed by atoms with Crippen LogP contribution in [0, 0.1) is 0 Å². The second-order valence-electron chi connectivity index (χ2n) is 20.9. The molecule has 0 fully saturated rings. The van der Waals surface area contributed by atoms with Gasteiger partial charge in [0.1, 0.15) is 13.2 Å². The summed E-state index contributed by atoms with van der Waals surface area (Å²) in [6, 6.07) is 0. The molecule has 0 saturated carbocycles. The Balaban J connectivity index is 4.46. The predicted molar refractivity (Wildman–Crippen MR) is 343 cm³/mol. The van der Waals surface area contributed by atoms with Gasteiger partial charge in [0.25, 0.3) is 0 Å². The van der Waals surface area contributed by atoms with E-state index in [1.54, 1.807) is 0 Å². The Morgan fingerprint density at radius 1 is 0.266 bits per heavy atom. The topological polar surface area (TPSA) is 78.9 Å². The zero-order valence-electron chi connectivity index (χ0n) is 51.1. The zero-order chi connectivity index (χ0) is 57.1. The van der Waals surface area contributed by atoms with Gasteiger partial charge in [-0.05, 0) is 141 Å². The summed E-state index contributed by atoms with van der Waals surface area (Å²) in [7, 11) is 0. The number of esters is 3. The van der Waals surface area contributed by atoms with Crippen molar-refractivity contribution < 1.29 is 28.6 Å². The van der Waals surface area contributed by atoms with Crippen molar-refractivity contribution in [1.82, 2.24) is 0 Å². The Labute approximate surface area is 487 Å². The summed E-state index contributed by atoms with van der Waals surface area (Å²) < 4.78 is 16.9. The monoisotopic (exact) mass is 1090 g/mol. The molecule has 0 aliphatic heterocycles. The van der Waals surface area contributed by atoms with Crippen molar-refractivity contribution in [1.29, 1.82) is 0 Å². The van der Waals surface area contributed by atoms with Crippen molar-refractivity contribution >= 4 is 17.9 Å². The number of allylic oxidation sites excluding steroid dienone is 24. The van der Waals surface area contributed by atoms with E-state index >= 15 is 0 Å². The summed E-state index contributed by atoms with van der Waals surface area (Å²) in [4.78, 5) is 38.3. The van der Waals surface area contributed by atoms with Gasteiger partial charge < -0.3 is 14.2 Å². The van der Waals surface area contributed by atoms with Gasteiger partial charge in [-0.15, -0.1) is 0 Å². The van der Waals surface area contributed by atoms with Crippen molar-refractivity contribution in [2.24, 2.45) is 0 Å². The summed E-state index contributed by atoms with van der Waals surface area (Å²) >= 11 is 0. The molecule has 0 aromatic heterocycles. The lowest BCUT2D eigenvalue weighted by Crippen LogP contribution is -2.30. The molecule has 0 rings (SSSR count). The highest BCUT2D eigenvalue weighted by Gasteiger charge is 2.19. The van der Waals surface area contributed by atoms with E-state index in [9.17, 15) is 14.4 Å². The Bertz CT molecular complexity index is 1730. The molecular weight excluding hydrogens is 973 g/mol. The van der Waals surface area contributed by atoms with Gasteiger partial charge >= 0.3 is 17.9 Å². The molecule has 0 amide bonds. The van der Waals surface area contributed by atoms with Crippen molar-refractivity contribution in [2.45, 2.75) is 284 Å². The number of hydrogen-bond acceptors (Lipinski definition) is 6. The van der Waals surface area contributed by atoms with Crippen molar-refractivity contribution in [3.8, 4) is 0 Å². The molecule has 0 aromatic carbocycles. The molecule has 0 bridgehead atoms. The maximum Gasteiger partial charge on any atom is 0.306 e. The molecule has 79 heavy (non-hydrogen) atoms. The minimum atomic E-state index is -0.812. The zero-order valence-corrected chi connectivity index (χ0v) is 51.1. The van der Waals surface area contributed by atoms with E-state index in [1.165, 1.54) is 89.9 Å². The summed E-state index contributed by atoms with van der Waals surface area (Å²) in [6.07, 6.45) is 94.2. The Kier molecular flexibility index (Phi) is 61.9. The lowest BCUT2D eigenvalue weighted by atomic mass is 10.1. The second-order valence-corrected chi connectivity index (χ2v) is 20.9. The van der Waals surface area contributed by atoms with Gasteiger partial charge in [-0.25, -0.2) is 0 Å². The smallest absolute Gasteiger partial charge is 0.306 e. The van der Waals surface area contributed by atoms with Gasteiger partial charge in [-0.1, -0.05) is 263 Å². The molecule has 0 aliphatic rings. The number of rotatable bonds is 57. The Morgan fingerprint density at radius 3 is 0.848 bits per heavy atom. The summed E-state index contributed by atoms with van der Waals surface area (Å²) in [6.45, 7) is 6.40. The second kappa shape index (κ2) is 65.8. The normalized spacial score (nSPS) is 13.1. The molecule has 1 unspecified atom stereocenters. The molecule has 6 nitrogen and oxygen atoms in total. The van der Waals surface area contributed by atoms with Crippen molar-refractivity contribution in [3.63, 3.8) is 0 Å². The molecule has 0 spiro atoms. The number of carbonyl (C=O) groups excluding carboxylic acids is 3. The largest absolute Gasteiger partial charge is 0.462 e. The summed E-state index contributed by atoms with van der Waals surface area (Å²) in [5.74, 6) is -0.969. The minimum Gasteiger partial charge on any atom is -0.462 e. The van der Waals surface area contributed by atoms with Crippen LogP contribution < -0.4 is 0 Å². The molecule has 446 valence electrons. The minimum absolute atomic E-state index is 0.106. The number of hydrogen-bond donors (Lipinski definition) is 0. The number of carbonyl (C=O) groups is 3. The first kappa shape index (κ1) is 74.3. The van der Waals surface area contributed by atoms with E-state index < -0.39 is 6.10 Å². The van der Waals surface area contributed by atoms with Crippen LogP contribution in [0.15, 0.2) is 146 Å². The van der Waals surface area contributed by atoms with E-state index in [0.717, 1.165) is 141 Å². The third-order valence-electron chi connectivity index (χ3n) is 13.3. The van der Waals surface area contributed by atoms with Crippen LogP contribution in [0.5, 0.6) is 0 Å². The highest BCUT2D eigenvalue weighted by atomic mass is 16.6. The number of unbranched alkanes of at least 4 members (excludes halogenated alkanes) is 22. The van der Waals surface area contributed by atoms with Crippen LogP contribution in [-0.2, 0) is 28.6 Å². The standard InChI is InChI=1S/C73H118O6/c1-4-7-10-13-16-19-22-25-27-29-31-33-34-35-36-37-38-40-41-43-45-48-51-54-57-60-63-66-72(75)78-69-70(68-77-71(74)65-62-59-56-53-50-47-24-21-18-15-12-9-6-3)79-73(76)67-64-61-58-55-52-49-46-44-42-39-32-30-28-26-23-20-17-14-11-8-5-2/h7,10,12,15-16,19,21,23-27,30-33,35-36,38,40,43,45,51,54,70H,4-6,8-9,11,13-14,17-18,20,22,28-29,34,37,39,41-42,44,46-50,52-53,55-69H2,1-3H3/b10-7-,15-12-,19-16-,24-21-,26-23-,27-25-,32-30-,33-31-,36-35-,40-38-,45-43-,54-51-. The number of ether oxygens (including phenoxy) is 3. The van der Waals surface area contributed by atoms with Crippen LogP contribution in [-0.4, -0.2) is 37.2 Å². The fraction of sp³-hybridized carbons (Fsp3) is 0.630. The molecular formula is C73H118O6. The van der Waals surface area contributed by atoms with E-state index in [1.807, 2.05) is 0 Å². The van der Waals surface area contributed by atoms with Gasteiger partial charge in [0.2, 0.25) is 0 Å². The lowest BCUT2D eigenvalue weighted by Gasteiger charge is -2.18. The van der Waals surface area contributed by atoms with Gasteiger partial charge in [0.15, 0.2) is 6.10 Å². The highest BCUT2D eigenvalue weighted by molar-refractivity contribution is 5.71. The van der Waals surface area contributed by atoms with Gasteiger partial charge in [-0.3, -0.25) is 14.4 Å². The first-order valence-corrected chi connectivity index (χ1v) is 32.3. The molecule has 0 N–H and O–H groups in total. The van der Waals surface area contributed by atoms with E-state index in [2.05, 4.69) is 167 Å². The molecule has 6 heteroatoms. The summed E-state index contributed by atoms with van der Waals surface area (Å²) in [5, 5.41) is 0. The average Bonchev–Trinajstić information content (AvgIpc) is 3.45. The van der Waals surface area contributed by atoms with Gasteiger partial charge in [0, 0.05) is 19.3 Å². The Morgan fingerprint density at radius 2 is 0.519 bits per heavy atom. The third kappa shape index (κ3) is 64.0. The van der Waals surface area contributed by atoms with Gasteiger partial charge in [-0.2, -0.15) is 0 Å². The molecule has 0 aromatic rings. The average molecular weight is 1090 g/mol. The van der Waals surface area contributed by atoms with Crippen LogP contribution in [0.1, 0.15) is 278 Å². The van der Waals surface area contributed by atoms with E-state index in [0.29, 0.717) is 25.7 Å². The molecule has 0 radical (unpaired) electrons. The maximum absolute atomic E-state index is 12.9. The van der Waals surface area contributed by atoms with Crippen molar-refractivity contribution in [3.05, 3.63) is 146 Å². The van der Waals surface area contributed by atoms with E-state index in [-0.39, 0.29) is 31.1 Å². The SMILES string of the molecule is CC/C=C\C/C=C\C/C=C\C/C=C\C/C=C\C/C=C\C/C=C\C/C=C\CCCCC(=O)OCC(COC(=O)CCCCCCC/C=C\C/C=C\CCC)OC(=O)CCCCCCCCCCC/C=C\C/C=C\CCCCCCC. The maximum atomic E-state index is 12.9. The van der Waals surface area contributed by atoms with Crippen LogP contribution in [0.25, 0.3) is 0 Å². The van der Waals surface area contributed by atoms with Crippen molar-refractivity contribution in [2.75, 3.05) is 13.2 Å². The first-order chi connectivity index (χ1) is 39.0. The first-order valence-electron chi connectivity index (χ1n) is 32.3. The predicted octanol–water partition coefficient (Wildman–Crippen LogP) is 22.3. The molecule has 0 saturated heterocycles. The van der Waals surface area contributed by atoms with Crippen LogP contribution in [0.4, 0.5) is 0 Å². The van der Waals surface area contributed by atoms with Crippen LogP contribution >= 0.6 is 0 Å². The lowest BCUT2D eigenvalue weighted by molar-refractivity contribution is -0.167.